The third-order valence-electron chi connectivity index (χ3n) is 3.62. The van der Waals surface area contributed by atoms with Gasteiger partial charge < -0.3 is 5.73 Å². The second kappa shape index (κ2) is 5.69. The summed E-state index contributed by atoms with van der Waals surface area (Å²) in [5.41, 5.74) is 6.00. The first-order chi connectivity index (χ1) is 8.96. The average Bonchev–Trinajstić information content (AvgIpc) is 2.41. The van der Waals surface area contributed by atoms with E-state index in [0.29, 0.717) is 17.3 Å². The molecule has 1 aromatic rings. The zero-order valence-corrected chi connectivity index (χ0v) is 12.5. The fourth-order valence-corrected chi connectivity index (χ4v) is 4.44. The van der Waals surface area contributed by atoms with Gasteiger partial charge in [-0.25, -0.2) is 8.42 Å². The van der Waals surface area contributed by atoms with Gasteiger partial charge in [-0.2, -0.15) is 4.31 Å². The van der Waals surface area contributed by atoms with E-state index >= 15 is 0 Å². The third kappa shape index (κ3) is 2.88. The Kier molecular flexibility index (Phi) is 4.38. The predicted molar refractivity (Wildman–Crippen MR) is 77.7 cm³/mol. The molecule has 1 heterocycles. The summed E-state index contributed by atoms with van der Waals surface area (Å²) >= 11 is 5.84. The number of nitrogen functional groups attached to an aromatic ring is 1. The van der Waals surface area contributed by atoms with E-state index in [1.54, 1.807) is 4.31 Å². The summed E-state index contributed by atoms with van der Waals surface area (Å²) in [6.07, 6.45) is 3.77. The van der Waals surface area contributed by atoms with Gasteiger partial charge in [-0.05, 0) is 37.5 Å². The molecule has 1 aliphatic heterocycles. The van der Waals surface area contributed by atoms with Crippen molar-refractivity contribution in [2.24, 2.45) is 0 Å². The van der Waals surface area contributed by atoms with E-state index < -0.39 is 10.0 Å². The molecule has 0 amide bonds. The largest absolute Gasteiger partial charge is 0.397 e. The molecule has 0 saturated carbocycles. The Hall–Kier alpha value is -0.780. The quantitative estimate of drug-likeness (QED) is 0.873. The van der Waals surface area contributed by atoms with Crippen LogP contribution in [0.5, 0.6) is 0 Å². The maximum atomic E-state index is 12.6. The second-order valence-corrected chi connectivity index (χ2v) is 7.15. The lowest BCUT2D eigenvalue weighted by Gasteiger charge is -2.34. The van der Waals surface area contributed by atoms with Crippen LogP contribution >= 0.6 is 11.6 Å². The molecule has 1 saturated heterocycles. The lowest BCUT2D eigenvalue weighted by atomic mass is 10.0. The molecule has 1 aromatic carbocycles. The van der Waals surface area contributed by atoms with Crippen molar-refractivity contribution in [2.45, 2.75) is 43.5 Å². The van der Waals surface area contributed by atoms with Crippen LogP contribution in [0.2, 0.25) is 5.02 Å². The number of nitrogens with two attached hydrogens (primary N) is 1. The Morgan fingerprint density at radius 2 is 2.16 bits per heavy atom. The maximum Gasteiger partial charge on any atom is 0.243 e. The summed E-state index contributed by atoms with van der Waals surface area (Å²) in [6, 6.07) is 4.60. The van der Waals surface area contributed by atoms with Crippen molar-refractivity contribution in [3.63, 3.8) is 0 Å². The predicted octanol–water partition coefficient (Wildman–Crippen LogP) is 2.88. The minimum Gasteiger partial charge on any atom is -0.397 e. The zero-order chi connectivity index (χ0) is 14.0. The van der Waals surface area contributed by atoms with Crippen molar-refractivity contribution in [2.75, 3.05) is 12.3 Å². The Morgan fingerprint density at radius 3 is 2.79 bits per heavy atom. The van der Waals surface area contributed by atoms with E-state index in [1.165, 1.54) is 18.2 Å². The highest BCUT2D eigenvalue weighted by molar-refractivity contribution is 7.89. The standard InChI is InChI=1S/C13H19ClN2O2S/c1-2-10-5-3-4-8-16(10)19(17,18)11-6-7-12(14)13(15)9-11/h6-7,9-10H,2-5,8,15H2,1H3/t10-/m1/s1. The first-order valence-corrected chi connectivity index (χ1v) is 8.35. The molecule has 0 radical (unpaired) electrons. The molecule has 0 bridgehead atoms. The van der Waals surface area contributed by atoms with Gasteiger partial charge in [0.25, 0.3) is 0 Å². The van der Waals surface area contributed by atoms with Gasteiger partial charge in [0.15, 0.2) is 0 Å². The van der Waals surface area contributed by atoms with Crippen LogP contribution in [0.25, 0.3) is 0 Å². The van der Waals surface area contributed by atoms with E-state index in [2.05, 4.69) is 0 Å². The van der Waals surface area contributed by atoms with Gasteiger partial charge in [0.2, 0.25) is 10.0 Å². The monoisotopic (exact) mass is 302 g/mol. The summed E-state index contributed by atoms with van der Waals surface area (Å²) < 4.78 is 26.9. The molecule has 1 aliphatic rings. The molecule has 0 unspecified atom stereocenters. The molecule has 2 N–H and O–H groups in total. The molecule has 2 rings (SSSR count). The fraction of sp³-hybridized carbons (Fsp3) is 0.538. The lowest BCUT2D eigenvalue weighted by Crippen LogP contribution is -2.43. The summed E-state index contributed by atoms with van der Waals surface area (Å²) in [7, 11) is -3.47. The van der Waals surface area contributed by atoms with Gasteiger partial charge in [0.05, 0.1) is 15.6 Å². The first-order valence-electron chi connectivity index (χ1n) is 6.53. The smallest absolute Gasteiger partial charge is 0.243 e. The number of halogens is 1. The molecular weight excluding hydrogens is 284 g/mol. The van der Waals surface area contributed by atoms with Crippen molar-refractivity contribution in [1.29, 1.82) is 0 Å². The topological polar surface area (TPSA) is 63.4 Å². The minimum atomic E-state index is -3.47. The maximum absolute atomic E-state index is 12.6. The van der Waals surface area contributed by atoms with E-state index in [9.17, 15) is 8.42 Å². The van der Waals surface area contributed by atoms with Crippen molar-refractivity contribution in [3.8, 4) is 0 Å². The molecule has 0 spiro atoms. The number of nitrogens with zero attached hydrogens (tertiary/aromatic N) is 1. The van der Waals surface area contributed by atoms with Crippen molar-refractivity contribution >= 4 is 27.3 Å². The van der Waals surface area contributed by atoms with Crippen molar-refractivity contribution in [1.82, 2.24) is 4.31 Å². The summed E-state index contributed by atoms with van der Waals surface area (Å²) in [5, 5.41) is 0.379. The Morgan fingerprint density at radius 1 is 1.42 bits per heavy atom. The molecule has 106 valence electrons. The SMILES string of the molecule is CC[C@@H]1CCCCN1S(=O)(=O)c1ccc(Cl)c(N)c1. The van der Waals surface area contributed by atoms with Gasteiger partial charge in [0.1, 0.15) is 0 Å². The van der Waals surface area contributed by atoms with E-state index in [0.717, 1.165) is 25.7 Å². The Balaban J connectivity index is 2.37. The first kappa shape index (κ1) is 14.6. The average molecular weight is 303 g/mol. The summed E-state index contributed by atoms with van der Waals surface area (Å²) in [6.45, 7) is 2.61. The Bertz CT molecular complexity index is 560. The van der Waals surface area contributed by atoms with E-state index in [4.69, 9.17) is 17.3 Å². The van der Waals surface area contributed by atoms with E-state index in [1.807, 2.05) is 6.92 Å². The molecule has 19 heavy (non-hydrogen) atoms. The van der Waals surface area contributed by atoms with Gasteiger partial charge in [-0.1, -0.05) is 24.9 Å². The minimum absolute atomic E-state index is 0.0932. The van der Waals surface area contributed by atoms with Gasteiger partial charge in [-0.3, -0.25) is 0 Å². The van der Waals surface area contributed by atoms with Crippen LogP contribution in [-0.2, 0) is 10.0 Å². The number of rotatable bonds is 3. The number of hydrogen-bond donors (Lipinski definition) is 1. The molecule has 1 atom stereocenters. The van der Waals surface area contributed by atoms with Crippen LogP contribution < -0.4 is 5.73 Å². The number of benzene rings is 1. The van der Waals surface area contributed by atoms with Crippen LogP contribution in [-0.4, -0.2) is 25.3 Å². The van der Waals surface area contributed by atoms with Gasteiger partial charge in [-0.15, -0.1) is 0 Å². The number of sulfonamides is 1. The molecule has 6 heteroatoms. The summed E-state index contributed by atoms with van der Waals surface area (Å²) in [4.78, 5) is 0.231. The second-order valence-electron chi connectivity index (χ2n) is 4.86. The van der Waals surface area contributed by atoms with Crippen molar-refractivity contribution < 1.29 is 8.42 Å². The Labute approximate surface area is 119 Å². The number of anilines is 1. The molecular formula is C13H19ClN2O2S. The zero-order valence-electron chi connectivity index (χ0n) is 11.0. The lowest BCUT2D eigenvalue weighted by molar-refractivity contribution is 0.246. The van der Waals surface area contributed by atoms with Crippen LogP contribution in [0.1, 0.15) is 32.6 Å². The van der Waals surface area contributed by atoms with Crippen LogP contribution in [0, 0.1) is 0 Å². The normalized spacial score (nSPS) is 21.5. The van der Waals surface area contributed by atoms with Crippen LogP contribution in [0.15, 0.2) is 23.1 Å². The molecule has 1 fully saturated rings. The molecule has 0 aromatic heterocycles. The van der Waals surface area contributed by atoms with Crippen LogP contribution in [0.3, 0.4) is 0 Å². The van der Waals surface area contributed by atoms with Crippen LogP contribution in [0.4, 0.5) is 5.69 Å². The highest BCUT2D eigenvalue weighted by Crippen LogP contribution is 2.29. The van der Waals surface area contributed by atoms with Gasteiger partial charge in [0, 0.05) is 12.6 Å². The summed E-state index contributed by atoms with van der Waals surface area (Å²) in [5.74, 6) is 0. The molecule has 4 nitrogen and oxygen atoms in total. The van der Waals surface area contributed by atoms with Gasteiger partial charge >= 0.3 is 0 Å². The highest BCUT2D eigenvalue weighted by Gasteiger charge is 2.32. The highest BCUT2D eigenvalue weighted by atomic mass is 35.5. The van der Waals surface area contributed by atoms with Crippen molar-refractivity contribution in [3.05, 3.63) is 23.2 Å². The van der Waals surface area contributed by atoms with E-state index in [-0.39, 0.29) is 10.9 Å². The fourth-order valence-electron chi connectivity index (χ4n) is 2.52. The number of piperidine rings is 1. The number of hydrogen-bond acceptors (Lipinski definition) is 3. The third-order valence-corrected chi connectivity index (χ3v) is 5.91. The molecule has 0 aliphatic carbocycles.